The number of nitrogens with one attached hydrogen (secondary N) is 1. The lowest BCUT2D eigenvalue weighted by molar-refractivity contribution is 0.721. The Morgan fingerprint density at radius 1 is 1.67 bits per heavy atom. The van der Waals surface area contributed by atoms with Gasteiger partial charge < -0.3 is 0 Å². The first-order valence-corrected chi connectivity index (χ1v) is 3.39. The quantitative estimate of drug-likeness (QED) is 0.611. The molecule has 12 heavy (non-hydrogen) atoms. The van der Waals surface area contributed by atoms with E-state index in [9.17, 15) is 9.59 Å². The van der Waals surface area contributed by atoms with Gasteiger partial charge in [0.1, 0.15) is 11.7 Å². The lowest BCUT2D eigenvalue weighted by Crippen LogP contribution is -2.34. The molecule has 0 fully saturated rings. The Balaban J connectivity index is 3.42. The molecule has 1 heterocycles. The van der Waals surface area contributed by atoms with Crippen LogP contribution in [0.4, 0.5) is 0 Å². The molecule has 5 nitrogen and oxygen atoms in total. The van der Waals surface area contributed by atoms with Gasteiger partial charge in [0.05, 0.1) is 6.07 Å². The van der Waals surface area contributed by atoms with Crippen LogP contribution in [-0.4, -0.2) is 9.55 Å². The van der Waals surface area contributed by atoms with E-state index in [1.807, 2.05) is 0 Å². The van der Waals surface area contributed by atoms with Crippen LogP contribution in [0.15, 0.2) is 15.7 Å². The highest BCUT2D eigenvalue weighted by molar-refractivity contribution is 6.29. The number of halogens is 1. The third-order valence-electron chi connectivity index (χ3n) is 1.22. The standard InChI is InChI=1S/C6H4ClN3O2/c7-4-3-5(11)10(2-1-8)6(12)9-4/h3H,2H2,(H,9,12). The second-order valence-electron chi connectivity index (χ2n) is 2.00. The number of aromatic nitrogens is 2. The molecule has 0 unspecified atom stereocenters. The summed E-state index contributed by atoms with van der Waals surface area (Å²) in [6, 6.07) is 2.73. The highest BCUT2D eigenvalue weighted by Crippen LogP contribution is 1.92. The first-order valence-electron chi connectivity index (χ1n) is 3.02. The highest BCUT2D eigenvalue weighted by Gasteiger charge is 2.00. The Labute approximate surface area is 71.8 Å². The van der Waals surface area contributed by atoms with Crippen molar-refractivity contribution < 1.29 is 0 Å². The van der Waals surface area contributed by atoms with E-state index in [4.69, 9.17) is 16.9 Å². The van der Waals surface area contributed by atoms with Gasteiger partial charge in [0, 0.05) is 6.07 Å². The van der Waals surface area contributed by atoms with Crippen molar-refractivity contribution in [3.8, 4) is 6.07 Å². The minimum atomic E-state index is -0.672. The average molecular weight is 186 g/mol. The van der Waals surface area contributed by atoms with Crippen LogP contribution in [0.2, 0.25) is 5.15 Å². The van der Waals surface area contributed by atoms with Crippen molar-refractivity contribution in [1.29, 1.82) is 5.26 Å². The zero-order chi connectivity index (χ0) is 9.14. The van der Waals surface area contributed by atoms with Crippen LogP contribution in [-0.2, 0) is 6.54 Å². The van der Waals surface area contributed by atoms with Gasteiger partial charge >= 0.3 is 5.69 Å². The Kier molecular flexibility index (Phi) is 2.31. The van der Waals surface area contributed by atoms with E-state index in [2.05, 4.69) is 4.98 Å². The SMILES string of the molecule is N#CCn1c(=O)cc(Cl)[nH]c1=O. The molecule has 0 aromatic carbocycles. The molecule has 1 aromatic heterocycles. The van der Waals surface area contributed by atoms with E-state index in [1.54, 1.807) is 6.07 Å². The molecule has 1 N–H and O–H groups in total. The lowest BCUT2D eigenvalue weighted by Gasteiger charge is -1.96. The molecule has 6 heteroatoms. The van der Waals surface area contributed by atoms with Crippen molar-refractivity contribution in [2.24, 2.45) is 0 Å². The Morgan fingerprint density at radius 3 is 2.83 bits per heavy atom. The molecule has 0 saturated heterocycles. The van der Waals surface area contributed by atoms with Gasteiger partial charge in [0.2, 0.25) is 0 Å². The third-order valence-corrected chi connectivity index (χ3v) is 1.42. The summed E-state index contributed by atoms with van der Waals surface area (Å²) in [4.78, 5) is 24.1. The average Bonchev–Trinajstić information content (AvgIpc) is 1.96. The van der Waals surface area contributed by atoms with Gasteiger partial charge in [-0.2, -0.15) is 5.26 Å². The molecule has 0 amide bonds. The van der Waals surface area contributed by atoms with Gasteiger partial charge in [0.15, 0.2) is 0 Å². The number of rotatable bonds is 1. The van der Waals surface area contributed by atoms with Crippen LogP contribution < -0.4 is 11.2 Å². The van der Waals surface area contributed by atoms with Gasteiger partial charge in [0.25, 0.3) is 5.56 Å². The van der Waals surface area contributed by atoms with Crippen LogP contribution in [0.5, 0.6) is 0 Å². The number of nitrogens with zero attached hydrogens (tertiary/aromatic N) is 2. The minimum absolute atomic E-state index is 0.0285. The van der Waals surface area contributed by atoms with Crippen molar-refractivity contribution in [2.45, 2.75) is 6.54 Å². The van der Waals surface area contributed by atoms with E-state index >= 15 is 0 Å². The molecular weight excluding hydrogens is 182 g/mol. The number of H-pyrrole nitrogens is 1. The molecule has 0 bridgehead atoms. The largest absolute Gasteiger partial charge is 0.330 e. The normalized spacial score (nSPS) is 9.33. The molecule has 0 aliphatic rings. The summed E-state index contributed by atoms with van der Waals surface area (Å²) in [5, 5.41) is 8.21. The third kappa shape index (κ3) is 1.54. The van der Waals surface area contributed by atoms with E-state index in [0.29, 0.717) is 0 Å². The summed E-state index contributed by atoms with van der Waals surface area (Å²) in [7, 11) is 0. The van der Waals surface area contributed by atoms with Crippen LogP contribution in [0, 0.1) is 11.3 Å². The second-order valence-corrected chi connectivity index (χ2v) is 2.41. The monoisotopic (exact) mass is 185 g/mol. The minimum Gasteiger partial charge on any atom is -0.298 e. The molecule has 0 aliphatic carbocycles. The van der Waals surface area contributed by atoms with E-state index in [0.717, 1.165) is 10.6 Å². The van der Waals surface area contributed by atoms with Crippen molar-refractivity contribution >= 4 is 11.6 Å². The summed E-state index contributed by atoms with van der Waals surface area (Å²) in [5.41, 5.74) is -1.25. The zero-order valence-corrected chi connectivity index (χ0v) is 6.63. The molecule has 0 radical (unpaired) electrons. The van der Waals surface area contributed by atoms with Crippen LogP contribution in [0.25, 0.3) is 0 Å². The Hall–Kier alpha value is -1.54. The highest BCUT2D eigenvalue weighted by atomic mass is 35.5. The van der Waals surface area contributed by atoms with Gasteiger partial charge in [-0.1, -0.05) is 11.6 Å². The maximum Gasteiger partial charge on any atom is 0.330 e. The summed E-state index contributed by atoms with van der Waals surface area (Å²) < 4.78 is 0.756. The molecule has 1 rings (SSSR count). The molecular formula is C6H4ClN3O2. The van der Waals surface area contributed by atoms with Crippen molar-refractivity contribution in [3.63, 3.8) is 0 Å². The first kappa shape index (κ1) is 8.56. The summed E-state index contributed by atoms with van der Waals surface area (Å²) in [6.07, 6.45) is 0. The maximum absolute atomic E-state index is 11.0. The fraction of sp³-hybridized carbons (Fsp3) is 0.167. The summed E-state index contributed by atoms with van der Waals surface area (Å²) >= 11 is 5.37. The van der Waals surface area contributed by atoms with E-state index in [1.165, 1.54) is 0 Å². The van der Waals surface area contributed by atoms with Crippen LogP contribution in [0.3, 0.4) is 0 Å². The number of nitriles is 1. The van der Waals surface area contributed by atoms with E-state index < -0.39 is 11.2 Å². The lowest BCUT2D eigenvalue weighted by atomic mass is 10.6. The first-order chi connectivity index (χ1) is 5.65. The molecule has 0 spiro atoms. The number of hydrogen-bond acceptors (Lipinski definition) is 3. The van der Waals surface area contributed by atoms with Gasteiger partial charge in [-0.05, 0) is 0 Å². The molecule has 0 atom stereocenters. The molecule has 0 saturated carbocycles. The van der Waals surface area contributed by atoms with Gasteiger partial charge in [-0.15, -0.1) is 0 Å². The fourth-order valence-corrected chi connectivity index (χ4v) is 0.887. The van der Waals surface area contributed by atoms with Crippen molar-refractivity contribution in [1.82, 2.24) is 9.55 Å². The molecule has 1 aromatic rings. The smallest absolute Gasteiger partial charge is 0.298 e. The van der Waals surface area contributed by atoms with E-state index in [-0.39, 0.29) is 11.7 Å². The summed E-state index contributed by atoms with van der Waals surface area (Å²) in [5.74, 6) is 0. The zero-order valence-electron chi connectivity index (χ0n) is 5.87. The Bertz CT molecular complexity index is 408. The topological polar surface area (TPSA) is 78.7 Å². The van der Waals surface area contributed by atoms with Gasteiger partial charge in [-0.3, -0.25) is 9.78 Å². The van der Waals surface area contributed by atoms with Gasteiger partial charge in [-0.25, -0.2) is 9.36 Å². The summed E-state index contributed by atoms with van der Waals surface area (Å²) in [6.45, 7) is -0.272. The predicted molar refractivity (Wildman–Crippen MR) is 41.9 cm³/mol. The predicted octanol–water partition coefficient (Wildman–Crippen LogP) is -0.286. The number of aromatic amines is 1. The Morgan fingerprint density at radius 2 is 2.33 bits per heavy atom. The fourth-order valence-electron chi connectivity index (χ4n) is 0.713. The van der Waals surface area contributed by atoms with Crippen molar-refractivity contribution in [2.75, 3.05) is 0 Å². The maximum atomic E-state index is 11.0. The second kappa shape index (κ2) is 3.24. The van der Waals surface area contributed by atoms with Crippen molar-refractivity contribution in [3.05, 3.63) is 32.1 Å². The number of hydrogen-bond donors (Lipinski definition) is 1. The molecule has 62 valence electrons. The molecule has 0 aliphatic heterocycles. The van der Waals surface area contributed by atoms with Crippen LogP contribution in [0.1, 0.15) is 0 Å². The van der Waals surface area contributed by atoms with Crippen LogP contribution >= 0.6 is 11.6 Å².